The summed E-state index contributed by atoms with van der Waals surface area (Å²) in [5.74, 6) is -10.8. The van der Waals surface area contributed by atoms with Crippen LogP contribution in [0.3, 0.4) is 0 Å². The van der Waals surface area contributed by atoms with Gasteiger partial charge in [-0.05, 0) is 6.92 Å². The Morgan fingerprint density at radius 3 is 1.25 bits per heavy atom. The fourth-order valence-corrected chi connectivity index (χ4v) is 16.9. The Balaban J connectivity index is 0.996. The molecule has 10 heterocycles. The molecule has 762 valence electrons. The van der Waals surface area contributed by atoms with Crippen molar-refractivity contribution in [2.24, 2.45) is 0 Å². The number of carboxylic acids is 1. The van der Waals surface area contributed by atoms with Crippen molar-refractivity contribution in [3.05, 3.63) is 0 Å². The molecule has 0 unspecified atom stereocenters. The van der Waals surface area contributed by atoms with Crippen LogP contribution >= 0.6 is 0 Å². The topological polar surface area (TPSA) is 925 Å². The van der Waals surface area contributed by atoms with Gasteiger partial charge in [0.2, 0.25) is 29.5 Å². The van der Waals surface area contributed by atoms with Gasteiger partial charge in [0.1, 0.15) is 238 Å². The Kier molecular flexibility index (Phi) is 39.0. The largest absolute Gasteiger partial charge is 0.477 e. The summed E-state index contributed by atoms with van der Waals surface area (Å²) < 4.78 is 113. The molecule has 59 nitrogen and oxygen atoms in total. The number of hydrogen-bond donors (Lipinski definition) is 34. The lowest BCUT2D eigenvalue weighted by Crippen LogP contribution is -2.72. The minimum absolute atomic E-state index is 0.830. The molecule has 51 atom stereocenters. The smallest absolute Gasteiger partial charge is 0.364 e. The zero-order valence-corrected chi connectivity index (χ0v) is 70.8. The molecule has 5 amide bonds. The van der Waals surface area contributed by atoms with Crippen LogP contribution < -0.4 is 26.6 Å². The van der Waals surface area contributed by atoms with E-state index in [4.69, 9.17) is 90.0 Å². The first kappa shape index (κ1) is 109. The van der Waals surface area contributed by atoms with Crippen molar-refractivity contribution in [2.45, 2.75) is 353 Å². The first-order chi connectivity index (χ1) is 62.3. The molecule has 10 rings (SSSR count). The van der Waals surface area contributed by atoms with Crippen LogP contribution in [-0.4, -0.2) is 562 Å². The van der Waals surface area contributed by atoms with Crippen molar-refractivity contribution in [1.82, 2.24) is 26.6 Å². The summed E-state index contributed by atoms with van der Waals surface area (Å²) in [6.07, 6.45) is -100. The Labute approximate surface area is 746 Å². The van der Waals surface area contributed by atoms with Crippen molar-refractivity contribution in [3.8, 4) is 0 Å². The third-order valence-corrected chi connectivity index (χ3v) is 23.9. The van der Waals surface area contributed by atoms with E-state index in [0.717, 1.165) is 27.7 Å². The van der Waals surface area contributed by atoms with E-state index in [2.05, 4.69) is 26.6 Å². The standard InChI is InChI=1S/C73H121N5O54/c1-17-38(94)49(105)52(108)67(116-17)114-16-31-56(47(103)34(63(111)117-31)74-18(2)87)125-65-36(76-20(4)89)48(104)55(29(13-85)123-65)126-68-53(109)59(45(101)30(124-68)15-115-70-61(50(106)41(97)25(9-81)121-70)129-64-35(75-19(3)88)46(102)40(96)24(8-80)118-64)128-71-62(51(107)42(98)26(10-82)122-71)130-66-37(77-21(5)90)57(43(99)27(11-83)119-66)127-69-54(110)60(44(100)28(12-84)120-69)132-73(72(112)113)6-22(91)33(78-32(93)14-86)58(131-73)39(95)23(92)7-79/h17,22-31,33-71,79-86,91-92,94-111H,6-16H2,1-5H3,(H,74,87)(H,75,88)(H,76,89)(H,77,90)(H,78,93)(H,112,113)/t17-,22-,23+,24+,25+,26+,27+,28+,29+,30+,31+,33+,34+,35+,36+,37+,38+,39+,40+,41+,42+,43+,44-,45+,46+,47+,48+,49+,50-,51-,52-,53-,54+,55+,56+,57+,58+,59-,60-,61-,62-,63+,64-,65-,66-,67+,68-,69-,70-,71+,73-/m0/s1. The summed E-state index contributed by atoms with van der Waals surface area (Å²) >= 11 is 0. The third kappa shape index (κ3) is 24.1. The molecule has 0 radical (unpaired) electrons. The predicted octanol–water partition coefficient (Wildman–Crippen LogP) is -22.9. The molecular formula is C73H121N5O54. The van der Waals surface area contributed by atoms with Crippen molar-refractivity contribution in [1.29, 1.82) is 0 Å². The summed E-state index contributed by atoms with van der Waals surface area (Å²) in [4.78, 5) is 77.7. The lowest BCUT2D eigenvalue weighted by molar-refractivity contribution is -0.400. The molecule has 0 aromatic heterocycles. The second-order valence-electron chi connectivity index (χ2n) is 33.2. The first-order valence-electron chi connectivity index (χ1n) is 41.8. The summed E-state index contributed by atoms with van der Waals surface area (Å²) in [7, 11) is 0. The number of amides is 5. The van der Waals surface area contributed by atoms with Crippen molar-refractivity contribution < 1.29 is 267 Å². The second-order valence-corrected chi connectivity index (χ2v) is 33.2. The highest BCUT2D eigenvalue weighted by atomic mass is 16.8. The fourth-order valence-electron chi connectivity index (χ4n) is 16.9. The van der Waals surface area contributed by atoms with E-state index < -0.39 is 420 Å². The molecule has 0 saturated carbocycles. The molecule has 0 aromatic rings. The predicted molar refractivity (Wildman–Crippen MR) is 405 cm³/mol. The van der Waals surface area contributed by atoms with Gasteiger partial charge < -0.3 is 265 Å². The number of ether oxygens (including phenoxy) is 19. The van der Waals surface area contributed by atoms with Crippen molar-refractivity contribution in [3.63, 3.8) is 0 Å². The number of carbonyl (C=O) groups is 6. The van der Waals surface area contributed by atoms with Gasteiger partial charge in [-0.25, -0.2) is 4.79 Å². The van der Waals surface area contributed by atoms with Gasteiger partial charge in [-0.1, -0.05) is 0 Å². The molecule has 0 aromatic carbocycles. The van der Waals surface area contributed by atoms with Crippen molar-refractivity contribution >= 4 is 35.5 Å². The highest BCUT2D eigenvalue weighted by Gasteiger charge is 2.64. The van der Waals surface area contributed by atoms with Gasteiger partial charge in [0, 0.05) is 34.1 Å². The monoisotopic (exact) mass is 1930 g/mol. The average molecular weight is 1930 g/mol. The van der Waals surface area contributed by atoms with Crippen LogP contribution in [0.25, 0.3) is 0 Å². The Morgan fingerprint density at radius 2 is 0.727 bits per heavy atom. The van der Waals surface area contributed by atoms with Crippen LogP contribution in [0, 0.1) is 0 Å². The van der Waals surface area contributed by atoms with E-state index in [1.54, 1.807) is 0 Å². The van der Waals surface area contributed by atoms with Gasteiger partial charge in [-0.2, -0.15) is 0 Å². The maximum atomic E-state index is 13.5. The first-order valence-corrected chi connectivity index (χ1v) is 41.8. The quantitative estimate of drug-likeness (QED) is 0.0277. The third-order valence-electron chi connectivity index (χ3n) is 23.9. The van der Waals surface area contributed by atoms with Gasteiger partial charge in [0.05, 0.1) is 77.7 Å². The maximum absolute atomic E-state index is 13.5. The van der Waals surface area contributed by atoms with E-state index in [1.165, 1.54) is 6.92 Å². The van der Waals surface area contributed by atoms with Crippen LogP contribution in [0.15, 0.2) is 0 Å². The van der Waals surface area contributed by atoms with Crippen LogP contribution in [0.1, 0.15) is 41.0 Å². The maximum Gasteiger partial charge on any atom is 0.364 e. The van der Waals surface area contributed by atoms with Crippen LogP contribution in [0.5, 0.6) is 0 Å². The van der Waals surface area contributed by atoms with Gasteiger partial charge in [0.15, 0.2) is 56.6 Å². The highest BCUT2D eigenvalue weighted by molar-refractivity contribution is 5.78. The summed E-state index contributed by atoms with van der Waals surface area (Å²) in [5.41, 5.74) is 0. The Bertz CT molecular complexity index is 3680. The minimum atomic E-state index is -3.43. The van der Waals surface area contributed by atoms with E-state index in [0.29, 0.717) is 0 Å². The number of carbonyl (C=O) groups excluding carboxylic acids is 5. The number of rotatable bonds is 36. The number of aliphatic carboxylic acids is 1. The normalized spacial score (nSPS) is 47.2. The summed E-state index contributed by atoms with van der Waals surface area (Å²) in [6.45, 7) is -7.06. The second kappa shape index (κ2) is 47.3. The molecule has 10 fully saturated rings. The molecule has 10 saturated heterocycles. The average Bonchev–Trinajstić information content (AvgIpc) is 0.743. The van der Waals surface area contributed by atoms with Gasteiger partial charge in [-0.15, -0.1) is 0 Å². The number of aliphatic hydroxyl groups is 28. The molecular weight excluding hydrogens is 1810 g/mol. The number of aliphatic hydroxyl groups excluding tert-OH is 28. The lowest BCUT2D eigenvalue weighted by atomic mass is 9.88. The van der Waals surface area contributed by atoms with E-state index in [1.807, 2.05) is 0 Å². The van der Waals surface area contributed by atoms with Gasteiger partial charge >= 0.3 is 5.97 Å². The Hall–Kier alpha value is -5.06. The molecule has 59 heteroatoms. The molecule has 34 N–H and O–H groups in total. The molecule has 10 aliphatic heterocycles. The summed E-state index contributed by atoms with van der Waals surface area (Å²) in [6, 6.07) is -9.78. The zero-order valence-electron chi connectivity index (χ0n) is 70.8. The van der Waals surface area contributed by atoms with E-state index >= 15 is 0 Å². The minimum Gasteiger partial charge on any atom is -0.477 e. The Morgan fingerprint density at radius 1 is 0.341 bits per heavy atom. The molecule has 0 spiro atoms. The van der Waals surface area contributed by atoms with Crippen LogP contribution in [0.4, 0.5) is 0 Å². The van der Waals surface area contributed by atoms with Crippen LogP contribution in [-0.2, 0) is 119 Å². The molecule has 10 aliphatic rings. The highest BCUT2D eigenvalue weighted by Crippen LogP contribution is 2.43. The van der Waals surface area contributed by atoms with E-state index in [-0.39, 0.29) is 0 Å². The molecule has 0 aliphatic carbocycles. The summed E-state index contributed by atoms with van der Waals surface area (Å²) in [5, 5.41) is 336. The fraction of sp³-hybridized carbons (Fsp3) is 0.918. The lowest BCUT2D eigenvalue weighted by Gasteiger charge is -2.52. The number of hydrogen-bond acceptors (Lipinski definition) is 53. The van der Waals surface area contributed by atoms with Crippen molar-refractivity contribution in [2.75, 3.05) is 66.1 Å². The van der Waals surface area contributed by atoms with Gasteiger partial charge in [-0.3, -0.25) is 24.0 Å². The van der Waals surface area contributed by atoms with Gasteiger partial charge in [0.25, 0.3) is 5.79 Å². The number of nitrogens with one attached hydrogen (secondary N) is 5. The van der Waals surface area contributed by atoms with Crippen LogP contribution in [0.2, 0.25) is 0 Å². The zero-order chi connectivity index (χ0) is 97.6. The molecule has 0 bridgehead atoms. The molecule has 132 heavy (non-hydrogen) atoms. The SMILES string of the molecule is CC(=O)N[C@@H]1[C@@H](O)[C@H](O[C@@H]2O[C@H](CO)[C@@H](O[C@@H]3O[C@H](CO[C@H]4O[C@H](CO)[C@@H](O)[C@H](O)[C@@H]4O[C@@H]4O[C@H](CO)[C@@H](O)[C@H](O)[C@H]4NC(C)=O)[C@@H](O)[C@H](O[C@H]4O[C@H](CO)[C@@H](O)[C@H](O)[C@@H]4O[C@@H]4O[C@H](CO)[C@@H](O)[C@H](O[C@@H]5O[C@H](CO)[C@H](O)[C@H](O[C@]6(C(=O)O)C[C@H](O)[C@@H](NC(=O)CO)[C@H]([C@H](O)[C@H](O)CO)O6)[C@H]5O)[C@H]4NC(C)=O)[C@@H]3O)[C@H](O)[C@H]2NC(C)=O)[C@@H](CO[C@@H]2O[C@@H](C)[C@@H](O)[C@@H](O)[C@@H]2O)O[C@H]1O. The number of carboxylic acid groups (broad SMARTS) is 1. The van der Waals surface area contributed by atoms with E-state index in [9.17, 15) is 177 Å².